The highest BCUT2D eigenvalue weighted by molar-refractivity contribution is 7.09. The quantitative estimate of drug-likeness (QED) is 0.775. The molecule has 0 amide bonds. The molecule has 2 nitrogen and oxygen atoms in total. The van der Waals surface area contributed by atoms with Gasteiger partial charge in [0.25, 0.3) is 0 Å². The zero-order valence-electron chi connectivity index (χ0n) is 7.31. The molecule has 0 bridgehead atoms. The minimum Gasteiger partial charge on any atom is -0.488 e. The van der Waals surface area contributed by atoms with Gasteiger partial charge < -0.3 is 4.74 Å². The summed E-state index contributed by atoms with van der Waals surface area (Å²) in [6, 6.07) is 6.10. The van der Waals surface area contributed by atoms with Gasteiger partial charge in [-0.15, -0.1) is 11.3 Å². The van der Waals surface area contributed by atoms with Crippen LogP contribution in [0.2, 0.25) is 0 Å². The second-order valence-corrected chi connectivity index (χ2v) is 3.68. The lowest BCUT2D eigenvalue weighted by molar-refractivity contribution is 0.308. The summed E-state index contributed by atoms with van der Waals surface area (Å²) in [5.41, 5.74) is 1.74. The van der Waals surface area contributed by atoms with Gasteiger partial charge in [0.1, 0.15) is 18.2 Å². The fourth-order valence-corrected chi connectivity index (χ4v) is 1.53. The third-order valence-corrected chi connectivity index (χ3v) is 2.41. The first-order valence-corrected chi connectivity index (χ1v) is 4.98. The minimum atomic E-state index is -0.285. The Kier molecular flexibility index (Phi) is 2.74. The highest BCUT2D eigenvalue weighted by atomic mass is 32.1. The summed E-state index contributed by atoms with van der Waals surface area (Å²) in [4.78, 5) is 4.94. The van der Waals surface area contributed by atoms with Gasteiger partial charge in [-0.2, -0.15) is 0 Å². The molecular formula is C10H8FNOS. The smallest absolute Gasteiger partial charge is 0.126 e. The van der Waals surface area contributed by atoms with Crippen LogP contribution in [0.4, 0.5) is 4.39 Å². The maximum Gasteiger partial charge on any atom is 0.126 e. The van der Waals surface area contributed by atoms with E-state index in [0.29, 0.717) is 12.4 Å². The molecule has 0 spiro atoms. The number of benzene rings is 1. The topological polar surface area (TPSA) is 22.1 Å². The maximum absolute atomic E-state index is 12.7. The first kappa shape index (κ1) is 9.15. The van der Waals surface area contributed by atoms with Crippen molar-refractivity contribution in [3.8, 4) is 5.75 Å². The number of aromatic nitrogens is 1. The molecule has 0 atom stereocenters. The van der Waals surface area contributed by atoms with Gasteiger partial charge in [-0.05, 0) is 12.1 Å². The first-order chi connectivity index (χ1) is 6.84. The Labute approximate surface area is 85.0 Å². The Balaban J connectivity index is 1.98. The van der Waals surface area contributed by atoms with Crippen molar-refractivity contribution in [3.05, 3.63) is 46.7 Å². The molecule has 2 aromatic rings. The van der Waals surface area contributed by atoms with Crippen LogP contribution in [0.3, 0.4) is 0 Å². The third kappa shape index (κ3) is 2.29. The van der Waals surface area contributed by atoms with Gasteiger partial charge in [0.2, 0.25) is 0 Å². The van der Waals surface area contributed by atoms with Crippen LogP contribution in [0.1, 0.15) is 4.88 Å². The van der Waals surface area contributed by atoms with Crippen LogP contribution >= 0.6 is 11.3 Å². The largest absolute Gasteiger partial charge is 0.488 e. The fourth-order valence-electron chi connectivity index (χ4n) is 1.02. The maximum atomic E-state index is 12.7. The number of halogens is 1. The van der Waals surface area contributed by atoms with E-state index in [-0.39, 0.29) is 5.82 Å². The van der Waals surface area contributed by atoms with Gasteiger partial charge in [0.15, 0.2) is 0 Å². The molecule has 0 N–H and O–H groups in total. The van der Waals surface area contributed by atoms with E-state index in [2.05, 4.69) is 4.98 Å². The average Bonchev–Trinajstić information content (AvgIpc) is 2.67. The van der Waals surface area contributed by atoms with Gasteiger partial charge in [0.05, 0.1) is 10.4 Å². The number of thiazole rings is 1. The predicted molar refractivity (Wildman–Crippen MR) is 52.8 cm³/mol. The van der Waals surface area contributed by atoms with Crippen molar-refractivity contribution >= 4 is 11.3 Å². The summed E-state index contributed by atoms with van der Waals surface area (Å²) < 4.78 is 18.1. The van der Waals surface area contributed by atoms with E-state index in [1.165, 1.54) is 23.5 Å². The van der Waals surface area contributed by atoms with Gasteiger partial charge in [-0.1, -0.05) is 6.07 Å². The predicted octanol–water partition coefficient (Wildman–Crippen LogP) is 2.86. The summed E-state index contributed by atoms with van der Waals surface area (Å²) >= 11 is 1.52. The van der Waals surface area contributed by atoms with Crippen LogP contribution in [0, 0.1) is 5.82 Å². The summed E-state index contributed by atoms with van der Waals surface area (Å²) in [7, 11) is 0. The molecule has 1 aromatic heterocycles. The Hall–Kier alpha value is -1.42. The average molecular weight is 209 g/mol. The van der Waals surface area contributed by atoms with Crippen LogP contribution in [-0.4, -0.2) is 4.98 Å². The standard InChI is InChI=1S/C10H8FNOS/c11-8-2-1-3-9(4-8)13-6-10-5-12-7-14-10/h1-5,7H,6H2. The molecule has 1 aromatic carbocycles. The van der Waals surface area contributed by atoms with Crippen molar-refractivity contribution < 1.29 is 9.13 Å². The van der Waals surface area contributed by atoms with E-state index in [9.17, 15) is 4.39 Å². The number of hydrogen-bond donors (Lipinski definition) is 0. The summed E-state index contributed by atoms with van der Waals surface area (Å²) in [5, 5.41) is 0. The van der Waals surface area contributed by atoms with Crippen molar-refractivity contribution in [2.24, 2.45) is 0 Å². The normalized spacial score (nSPS) is 10.1. The second kappa shape index (κ2) is 4.19. The lowest BCUT2D eigenvalue weighted by Crippen LogP contribution is -1.92. The highest BCUT2D eigenvalue weighted by Crippen LogP contribution is 2.15. The minimum absolute atomic E-state index is 0.285. The number of ether oxygens (including phenoxy) is 1. The molecule has 0 fully saturated rings. The lowest BCUT2D eigenvalue weighted by atomic mass is 10.3. The van der Waals surface area contributed by atoms with Crippen LogP contribution < -0.4 is 4.74 Å². The van der Waals surface area contributed by atoms with Crippen LogP contribution in [0.5, 0.6) is 5.75 Å². The summed E-state index contributed by atoms with van der Waals surface area (Å²) in [6.07, 6.45) is 1.74. The van der Waals surface area contributed by atoms with Crippen molar-refractivity contribution in [1.82, 2.24) is 4.98 Å². The lowest BCUT2D eigenvalue weighted by Gasteiger charge is -2.03. The van der Waals surface area contributed by atoms with Crippen molar-refractivity contribution in [2.45, 2.75) is 6.61 Å². The van der Waals surface area contributed by atoms with E-state index < -0.39 is 0 Å². The van der Waals surface area contributed by atoms with E-state index in [0.717, 1.165) is 4.88 Å². The molecule has 0 aliphatic rings. The molecule has 4 heteroatoms. The molecule has 72 valence electrons. The van der Waals surface area contributed by atoms with Crippen LogP contribution in [0.15, 0.2) is 36.0 Å². The number of rotatable bonds is 3. The van der Waals surface area contributed by atoms with E-state index in [1.54, 1.807) is 23.8 Å². The van der Waals surface area contributed by atoms with Gasteiger partial charge in [-0.3, -0.25) is 4.98 Å². The van der Waals surface area contributed by atoms with Gasteiger partial charge >= 0.3 is 0 Å². The molecular weight excluding hydrogens is 201 g/mol. The Morgan fingerprint density at radius 3 is 3.07 bits per heavy atom. The molecule has 0 aliphatic heterocycles. The molecule has 1 heterocycles. The molecule has 0 saturated heterocycles. The Morgan fingerprint density at radius 1 is 1.43 bits per heavy atom. The number of nitrogens with zero attached hydrogens (tertiary/aromatic N) is 1. The van der Waals surface area contributed by atoms with E-state index in [4.69, 9.17) is 4.74 Å². The van der Waals surface area contributed by atoms with E-state index >= 15 is 0 Å². The highest BCUT2D eigenvalue weighted by Gasteiger charge is 1.98. The first-order valence-electron chi connectivity index (χ1n) is 4.10. The zero-order chi connectivity index (χ0) is 9.80. The Morgan fingerprint density at radius 2 is 2.36 bits per heavy atom. The molecule has 14 heavy (non-hydrogen) atoms. The van der Waals surface area contributed by atoms with Crippen LogP contribution in [-0.2, 0) is 6.61 Å². The molecule has 0 radical (unpaired) electrons. The SMILES string of the molecule is Fc1cccc(OCc2cncs2)c1. The van der Waals surface area contributed by atoms with Crippen molar-refractivity contribution in [3.63, 3.8) is 0 Å². The second-order valence-electron chi connectivity index (χ2n) is 2.71. The number of hydrogen-bond acceptors (Lipinski definition) is 3. The molecule has 0 unspecified atom stereocenters. The summed E-state index contributed by atoms with van der Waals surface area (Å²) in [5.74, 6) is 0.255. The van der Waals surface area contributed by atoms with Crippen molar-refractivity contribution in [1.29, 1.82) is 0 Å². The van der Waals surface area contributed by atoms with Crippen LogP contribution in [0.25, 0.3) is 0 Å². The zero-order valence-corrected chi connectivity index (χ0v) is 8.13. The van der Waals surface area contributed by atoms with Crippen molar-refractivity contribution in [2.75, 3.05) is 0 Å². The summed E-state index contributed by atoms with van der Waals surface area (Å²) in [6.45, 7) is 0.439. The molecule has 2 rings (SSSR count). The third-order valence-electron chi connectivity index (χ3n) is 1.66. The van der Waals surface area contributed by atoms with Gasteiger partial charge in [-0.25, -0.2) is 4.39 Å². The monoisotopic (exact) mass is 209 g/mol. The fraction of sp³-hybridized carbons (Fsp3) is 0.100. The molecule has 0 aliphatic carbocycles. The van der Waals surface area contributed by atoms with E-state index in [1.807, 2.05) is 0 Å². The Bertz CT molecular complexity index is 402. The molecule has 0 saturated carbocycles. The van der Waals surface area contributed by atoms with Gasteiger partial charge in [0, 0.05) is 12.3 Å².